The molecule has 1 N–H and O–H groups in total. The van der Waals surface area contributed by atoms with Gasteiger partial charge in [-0.1, -0.05) is 5.16 Å². The van der Waals surface area contributed by atoms with Gasteiger partial charge in [-0.2, -0.15) is 0 Å². The number of aromatic nitrogens is 1. The molecule has 0 atom stereocenters. The van der Waals surface area contributed by atoms with Crippen molar-refractivity contribution in [2.24, 2.45) is 5.16 Å². The number of nitrogens with zero attached hydrogens (tertiary/aromatic N) is 3. The Morgan fingerprint density at radius 1 is 1.25 bits per heavy atom. The largest absolute Gasteiger partial charge is 0.492 e. The predicted molar refractivity (Wildman–Crippen MR) is 121 cm³/mol. The van der Waals surface area contributed by atoms with Crippen LogP contribution in [0.4, 0.5) is 8.78 Å². The summed E-state index contributed by atoms with van der Waals surface area (Å²) in [5.74, 6) is -1.58. The summed E-state index contributed by atoms with van der Waals surface area (Å²) in [5.41, 5.74) is 1.16. The maximum absolute atomic E-state index is 13.3. The fourth-order valence-corrected chi connectivity index (χ4v) is 4.53. The maximum Gasteiger partial charge on any atom is 0.261 e. The number of alkyl halides is 2. The third kappa shape index (κ3) is 4.55. The Bertz CT molecular complexity index is 1320. The monoisotopic (exact) mass is 479 g/mol. The van der Waals surface area contributed by atoms with E-state index in [1.807, 2.05) is 17.5 Å². The van der Waals surface area contributed by atoms with E-state index in [1.165, 1.54) is 0 Å². The number of halogens is 3. The molecule has 0 spiro atoms. The molecule has 0 saturated carbocycles. The van der Waals surface area contributed by atoms with E-state index >= 15 is 0 Å². The highest BCUT2D eigenvalue weighted by Crippen LogP contribution is 2.28. The molecule has 1 aliphatic rings. The maximum atomic E-state index is 13.3. The minimum absolute atomic E-state index is 0. The molecule has 0 bridgehead atoms. The van der Waals surface area contributed by atoms with Crippen molar-refractivity contribution in [2.75, 3.05) is 26.2 Å². The van der Waals surface area contributed by atoms with E-state index in [0.717, 1.165) is 10.1 Å². The van der Waals surface area contributed by atoms with Crippen molar-refractivity contribution in [3.63, 3.8) is 0 Å². The number of thiophene rings is 1. The molecule has 1 aliphatic heterocycles. The van der Waals surface area contributed by atoms with Crippen molar-refractivity contribution in [1.29, 1.82) is 0 Å². The average molecular weight is 480 g/mol. The summed E-state index contributed by atoms with van der Waals surface area (Å²) in [7, 11) is 0. The van der Waals surface area contributed by atoms with Gasteiger partial charge in [0.05, 0.1) is 11.9 Å². The van der Waals surface area contributed by atoms with Crippen LogP contribution in [0.2, 0.25) is 0 Å². The molecule has 32 heavy (non-hydrogen) atoms. The number of hydrogen-bond donors (Lipinski definition) is 1. The third-order valence-corrected chi connectivity index (χ3v) is 6.22. The van der Waals surface area contributed by atoms with Gasteiger partial charge < -0.3 is 14.4 Å². The molecule has 10 heteroatoms. The van der Waals surface area contributed by atoms with Crippen molar-refractivity contribution < 1.29 is 23.1 Å². The van der Waals surface area contributed by atoms with Gasteiger partial charge in [0.2, 0.25) is 0 Å². The number of rotatable bonds is 5. The van der Waals surface area contributed by atoms with Gasteiger partial charge in [-0.15, -0.1) is 23.7 Å². The highest BCUT2D eigenvalue weighted by molar-refractivity contribution is 7.17. The lowest BCUT2D eigenvalue weighted by molar-refractivity contribution is 0.0113. The molecule has 1 fully saturated rings. The second-order valence-electron chi connectivity index (χ2n) is 7.51. The number of ether oxygens (including phenoxy) is 1. The third-order valence-electron chi connectivity index (χ3n) is 5.34. The summed E-state index contributed by atoms with van der Waals surface area (Å²) in [4.78, 5) is 6.13. The number of likely N-dealkylation sites (tertiary alicyclic amines) is 1. The van der Waals surface area contributed by atoms with Crippen LogP contribution in [0.3, 0.4) is 0 Å². The van der Waals surface area contributed by atoms with Crippen LogP contribution in [0.5, 0.6) is 5.75 Å². The Balaban J connectivity index is 0.00000245. The first-order chi connectivity index (χ1) is 15.0. The number of fused-ring (bicyclic) bond motifs is 2. The minimum Gasteiger partial charge on any atom is -0.492 e. The molecule has 4 aromatic rings. The van der Waals surface area contributed by atoms with Gasteiger partial charge in [0.1, 0.15) is 29.0 Å². The zero-order valence-electron chi connectivity index (χ0n) is 16.8. The van der Waals surface area contributed by atoms with Crippen molar-refractivity contribution in [2.45, 2.75) is 12.3 Å². The fourth-order valence-electron chi connectivity index (χ4n) is 3.73. The number of hydrogen-bond acceptors (Lipinski definition) is 7. The molecule has 0 aliphatic carbocycles. The second-order valence-corrected chi connectivity index (χ2v) is 8.46. The van der Waals surface area contributed by atoms with Gasteiger partial charge in [-0.25, -0.2) is 8.78 Å². The summed E-state index contributed by atoms with van der Waals surface area (Å²) in [6.45, 7) is 0.849. The Labute approximate surface area is 192 Å². The highest BCUT2D eigenvalue weighted by atomic mass is 35.5. The lowest BCUT2D eigenvalue weighted by atomic mass is 10.1. The van der Waals surface area contributed by atoms with Gasteiger partial charge in [0, 0.05) is 41.9 Å². The van der Waals surface area contributed by atoms with Gasteiger partial charge in [0.15, 0.2) is 5.76 Å². The van der Waals surface area contributed by atoms with Crippen LogP contribution in [-0.2, 0) is 0 Å². The second kappa shape index (κ2) is 9.01. The molecule has 3 aromatic heterocycles. The number of pyridine rings is 1. The van der Waals surface area contributed by atoms with Crippen molar-refractivity contribution in [1.82, 2.24) is 9.88 Å². The first-order valence-electron chi connectivity index (χ1n) is 9.83. The van der Waals surface area contributed by atoms with E-state index in [-0.39, 0.29) is 32.0 Å². The summed E-state index contributed by atoms with van der Waals surface area (Å²) in [6.07, 6.45) is 1.67. The van der Waals surface area contributed by atoms with Gasteiger partial charge in [-0.3, -0.25) is 9.88 Å². The molecule has 0 unspecified atom stereocenters. The molecule has 4 heterocycles. The average Bonchev–Trinajstić information content (AvgIpc) is 3.38. The zero-order valence-corrected chi connectivity index (χ0v) is 18.5. The highest BCUT2D eigenvalue weighted by Gasteiger charge is 2.37. The van der Waals surface area contributed by atoms with Crippen LogP contribution in [-0.4, -0.2) is 47.3 Å². The first-order valence-corrected chi connectivity index (χ1v) is 10.7. The van der Waals surface area contributed by atoms with Crippen molar-refractivity contribution in [3.05, 3.63) is 53.3 Å². The fraction of sp³-hybridized carbons (Fsp3) is 0.273. The zero-order chi connectivity index (χ0) is 21.4. The molecule has 1 saturated heterocycles. The smallest absolute Gasteiger partial charge is 0.261 e. The summed E-state index contributed by atoms with van der Waals surface area (Å²) in [5, 5.41) is 16.9. The van der Waals surface area contributed by atoms with Gasteiger partial charge in [0.25, 0.3) is 5.92 Å². The Morgan fingerprint density at radius 3 is 2.91 bits per heavy atom. The molecule has 168 valence electrons. The quantitative estimate of drug-likeness (QED) is 0.317. The van der Waals surface area contributed by atoms with Gasteiger partial charge in [-0.05, 0) is 35.7 Å². The molecule has 5 rings (SSSR count). The predicted octanol–water partition coefficient (Wildman–Crippen LogP) is 5.14. The van der Waals surface area contributed by atoms with E-state index in [9.17, 15) is 14.0 Å². The molecule has 0 amide bonds. The molecule has 1 aromatic carbocycles. The summed E-state index contributed by atoms with van der Waals surface area (Å²) >= 11 is 1.61. The van der Waals surface area contributed by atoms with E-state index in [4.69, 9.17) is 9.15 Å². The van der Waals surface area contributed by atoms with Crippen molar-refractivity contribution >= 4 is 44.8 Å². The van der Waals surface area contributed by atoms with Crippen molar-refractivity contribution in [3.8, 4) is 17.2 Å². The van der Waals surface area contributed by atoms with E-state index in [1.54, 1.807) is 46.7 Å². The topological polar surface area (TPSA) is 71.1 Å². The minimum atomic E-state index is -2.61. The van der Waals surface area contributed by atoms with Crippen LogP contribution in [0.1, 0.15) is 6.42 Å². The molecule has 0 radical (unpaired) electrons. The van der Waals surface area contributed by atoms with Crippen LogP contribution in [0.15, 0.2) is 57.5 Å². The van der Waals surface area contributed by atoms with Gasteiger partial charge >= 0.3 is 0 Å². The van der Waals surface area contributed by atoms with Crippen LogP contribution < -0.4 is 10.1 Å². The summed E-state index contributed by atoms with van der Waals surface area (Å²) in [6, 6.07) is 10.7. The molecular formula is C22H20ClF2N3O3S. The SMILES string of the molecule is Cl.O/N=c1/cc(-c2cc3sccc3cn2)oc2ccc(OCCN3CCC(F)(F)C3)cc12. The van der Waals surface area contributed by atoms with Crippen LogP contribution in [0, 0.1) is 0 Å². The van der Waals surface area contributed by atoms with E-state index in [0.29, 0.717) is 46.6 Å². The molecule has 6 nitrogen and oxygen atoms in total. The summed E-state index contributed by atoms with van der Waals surface area (Å²) < 4.78 is 39.4. The Kier molecular flexibility index (Phi) is 6.32. The Hall–Kier alpha value is -2.75. The van der Waals surface area contributed by atoms with Crippen LogP contribution in [0.25, 0.3) is 32.5 Å². The lowest BCUT2D eigenvalue weighted by Gasteiger charge is -2.16. The normalized spacial score (nSPS) is 16.5. The van der Waals surface area contributed by atoms with Crippen LogP contribution >= 0.6 is 23.7 Å². The van der Waals surface area contributed by atoms with E-state index in [2.05, 4.69) is 10.1 Å². The number of benzene rings is 1. The standard InChI is InChI=1S/C22H19F2N3O3S.ClH/c23-22(24)4-5-27(13-22)6-7-29-15-1-2-19-16(9-15)17(26-28)10-20(30-19)18-11-21-14(12-25-18)3-8-31-21;/h1-3,8-12,28H,4-7,13H2;1H/b26-17-;. The lowest BCUT2D eigenvalue weighted by Crippen LogP contribution is -2.29. The Morgan fingerprint density at radius 2 is 2.12 bits per heavy atom. The first kappa shape index (κ1) is 22.4. The molecular weight excluding hydrogens is 460 g/mol. The van der Waals surface area contributed by atoms with E-state index < -0.39 is 5.92 Å².